The summed E-state index contributed by atoms with van der Waals surface area (Å²) in [5.74, 6) is -1.07. The zero-order valence-electron chi connectivity index (χ0n) is 13.4. The molecule has 0 saturated carbocycles. The number of carbonyl (C=O) groups is 2. The minimum Gasteiger partial charge on any atom is -0.393 e. The van der Waals surface area contributed by atoms with Crippen LogP contribution in [0.5, 0.6) is 0 Å². The van der Waals surface area contributed by atoms with E-state index in [1.54, 1.807) is 0 Å². The van der Waals surface area contributed by atoms with Crippen LogP contribution in [-0.2, 0) is 27.6 Å². The van der Waals surface area contributed by atoms with E-state index in [9.17, 15) is 9.59 Å². The molecule has 0 aromatic heterocycles. The van der Waals surface area contributed by atoms with E-state index >= 15 is 0 Å². The van der Waals surface area contributed by atoms with Gasteiger partial charge in [0.1, 0.15) is 5.04 Å². The summed E-state index contributed by atoms with van der Waals surface area (Å²) in [6.07, 6.45) is 2.15. The van der Waals surface area contributed by atoms with Crippen LogP contribution in [-0.4, -0.2) is 40.6 Å². The molecule has 1 rings (SSSR count). The molecular formula is C14H26O6Si. The minimum atomic E-state index is -3.35. The maximum absolute atomic E-state index is 12.4. The molecule has 1 fully saturated rings. The third-order valence-corrected chi connectivity index (χ3v) is 7.40. The fourth-order valence-corrected chi connectivity index (χ4v) is 6.08. The van der Waals surface area contributed by atoms with Gasteiger partial charge in [0, 0.05) is 19.8 Å². The Kier molecular flexibility index (Phi) is 6.99. The molecule has 1 aliphatic rings. The number of ether oxygens (including phenoxy) is 1. The maximum Gasteiger partial charge on any atom is 0.519 e. The van der Waals surface area contributed by atoms with Crippen molar-refractivity contribution in [1.29, 1.82) is 0 Å². The van der Waals surface area contributed by atoms with Gasteiger partial charge in [0.25, 0.3) is 0 Å². The summed E-state index contributed by atoms with van der Waals surface area (Å²) in [5.41, 5.74) is 0. The summed E-state index contributed by atoms with van der Waals surface area (Å²) in [7, 11) is -3.35. The molecule has 1 aliphatic heterocycles. The van der Waals surface area contributed by atoms with Crippen molar-refractivity contribution >= 4 is 20.7 Å². The summed E-state index contributed by atoms with van der Waals surface area (Å²) in [4.78, 5) is 24.1. The fourth-order valence-electron chi connectivity index (χ4n) is 2.72. The number of cyclic esters (lactones) is 2. The van der Waals surface area contributed by atoms with Crippen molar-refractivity contribution in [3.05, 3.63) is 0 Å². The van der Waals surface area contributed by atoms with E-state index in [0.717, 1.165) is 12.8 Å². The second-order valence-corrected chi connectivity index (χ2v) is 7.91. The summed E-state index contributed by atoms with van der Waals surface area (Å²) in [6.45, 7) is 8.60. The van der Waals surface area contributed by atoms with Crippen LogP contribution in [0.25, 0.3) is 0 Å². The van der Waals surface area contributed by atoms with Gasteiger partial charge in [0.05, 0.1) is 6.42 Å². The van der Waals surface area contributed by atoms with E-state index in [2.05, 4.69) is 0 Å². The Hall–Kier alpha value is -0.763. The first-order valence-electron chi connectivity index (χ1n) is 7.68. The molecule has 0 aliphatic carbocycles. The van der Waals surface area contributed by atoms with Crippen LogP contribution in [0.4, 0.5) is 0 Å². The van der Waals surface area contributed by atoms with Crippen LogP contribution < -0.4 is 0 Å². The molecule has 1 unspecified atom stereocenters. The minimum absolute atomic E-state index is 0.0158. The Morgan fingerprint density at radius 1 is 1.05 bits per heavy atom. The van der Waals surface area contributed by atoms with E-state index in [1.807, 2.05) is 27.7 Å². The van der Waals surface area contributed by atoms with Gasteiger partial charge >= 0.3 is 20.7 Å². The Morgan fingerprint density at radius 3 is 1.90 bits per heavy atom. The van der Waals surface area contributed by atoms with Crippen LogP contribution in [0.1, 0.15) is 53.4 Å². The molecule has 1 saturated heterocycles. The highest BCUT2D eigenvalue weighted by molar-refractivity contribution is 6.69. The number of rotatable bonds is 10. The highest BCUT2D eigenvalue weighted by Crippen LogP contribution is 2.52. The summed E-state index contributed by atoms with van der Waals surface area (Å²) < 4.78 is 22.4. The Bertz CT molecular complexity index is 355. The van der Waals surface area contributed by atoms with Crippen molar-refractivity contribution in [3.63, 3.8) is 0 Å². The van der Waals surface area contributed by atoms with Gasteiger partial charge in [-0.1, -0.05) is 19.8 Å². The van der Waals surface area contributed by atoms with Crippen LogP contribution in [0.3, 0.4) is 0 Å². The third kappa shape index (κ3) is 3.53. The highest BCUT2D eigenvalue weighted by Gasteiger charge is 2.70. The lowest BCUT2D eigenvalue weighted by Gasteiger charge is -2.39. The molecule has 1 atom stereocenters. The topological polar surface area (TPSA) is 71.1 Å². The van der Waals surface area contributed by atoms with Gasteiger partial charge < -0.3 is 18.0 Å². The Labute approximate surface area is 127 Å². The van der Waals surface area contributed by atoms with Crippen molar-refractivity contribution in [3.8, 4) is 0 Å². The first kappa shape index (κ1) is 18.3. The maximum atomic E-state index is 12.4. The summed E-state index contributed by atoms with van der Waals surface area (Å²) in [6, 6.07) is 0. The van der Waals surface area contributed by atoms with Crippen molar-refractivity contribution in [2.75, 3.05) is 19.8 Å². The van der Waals surface area contributed by atoms with E-state index in [0.29, 0.717) is 26.2 Å². The molecular weight excluding hydrogens is 292 g/mol. The highest BCUT2D eigenvalue weighted by atomic mass is 28.4. The molecule has 0 aromatic carbocycles. The Balaban J connectivity index is 3.27. The average molecular weight is 318 g/mol. The molecule has 0 N–H and O–H groups in total. The van der Waals surface area contributed by atoms with Crippen LogP contribution in [0.15, 0.2) is 0 Å². The van der Waals surface area contributed by atoms with Gasteiger partial charge in [-0.25, -0.2) is 0 Å². The second kappa shape index (κ2) is 8.02. The fraction of sp³-hybridized carbons (Fsp3) is 0.857. The molecule has 0 radical (unpaired) electrons. The van der Waals surface area contributed by atoms with Gasteiger partial charge in [0.2, 0.25) is 0 Å². The molecule has 0 aromatic rings. The van der Waals surface area contributed by atoms with Crippen molar-refractivity contribution < 1.29 is 27.6 Å². The molecule has 7 heteroatoms. The summed E-state index contributed by atoms with van der Waals surface area (Å²) in [5, 5.41) is -1.10. The first-order valence-corrected chi connectivity index (χ1v) is 9.41. The summed E-state index contributed by atoms with van der Waals surface area (Å²) >= 11 is 0. The zero-order chi connectivity index (χ0) is 15.9. The van der Waals surface area contributed by atoms with Crippen LogP contribution in [0.2, 0.25) is 5.04 Å². The van der Waals surface area contributed by atoms with Crippen molar-refractivity contribution in [2.45, 2.75) is 58.4 Å². The molecule has 0 bridgehead atoms. The van der Waals surface area contributed by atoms with Crippen LogP contribution in [0, 0.1) is 0 Å². The third-order valence-electron chi connectivity index (χ3n) is 3.59. The number of unbranched alkanes of at least 4 members (excludes halogenated alkanes) is 1. The molecule has 1 heterocycles. The van der Waals surface area contributed by atoms with E-state index in [1.165, 1.54) is 0 Å². The number of carbonyl (C=O) groups excluding carboxylic acids is 2. The normalized spacial score (nSPS) is 22.7. The van der Waals surface area contributed by atoms with E-state index in [4.69, 9.17) is 18.0 Å². The van der Waals surface area contributed by atoms with Crippen molar-refractivity contribution in [2.24, 2.45) is 0 Å². The molecule has 0 amide bonds. The molecule has 21 heavy (non-hydrogen) atoms. The molecule has 122 valence electrons. The van der Waals surface area contributed by atoms with Crippen molar-refractivity contribution in [1.82, 2.24) is 0 Å². The smallest absolute Gasteiger partial charge is 0.393 e. The lowest BCUT2D eigenvalue weighted by atomic mass is 9.99. The van der Waals surface area contributed by atoms with Gasteiger partial charge in [0.15, 0.2) is 0 Å². The lowest BCUT2D eigenvalue weighted by molar-refractivity contribution is -0.153. The SMILES string of the molecule is CCCCC1([Si](OCC)(OCC)OCC)CC(=O)OC1=O. The van der Waals surface area contributed by atoms with E-state index < -0.39 is 25.8 Å². The average Bonchev–Trinajstić information content (AvgIpc) is 2.73. The number of hydrogen-bond donors (Lipinski definition) is 0. The monoisotopic (exact) mass is 318 g/mol. The lowest BCUT2D eigenvalue weighted by Crippen LogP contribution is -2.58. The van der Waals surface area contributed by atoms with Gasteiger partial charge in [-0.15, -0.1) is 0 Å². The van der Waals surface area contributed by atoms with E-state index in [-0.39, 0.29) is 6.42 Å². The van der Waals surface area contributed by atoms with Gasteiger partial charge in [-0.05, 0) is 27.2 Å². The predicted molar refractivity (Wildman–Crippen MR) is 78.6 cm³/mol. The number of hydrogen-bond acceptors (Lipinski definition) is 6. The Morgan fingerprint density at radius 2 is 1.57 bits per heavy atom. The number of esters is 2. The molecule has 0 spiro atoms. The predicted octanol–water partition coefficient (Wildman–Crippen LogP) is 2.44. The zero-order valence-corrected chi connectivity index (χ0v) is 14.4. The largest absolute Gasteiger partial charge is 0.519 e. The molecule has 6 nitrogen and oxygen atoms in total. The van der Waals surface area contributed by atoms with Crippen LogP contribution >= 0.6 is 0 Å². The standard InChI is InChI=1S/C14H26O6Si/c1-5-9-10-14(11-12(15)20-13(14)16)21(17-6-2,18-7-3)19-8-4/h5-11H2,1-4H3. The van der Waals surface area contributed by atoms with Gasteiger partial charge in [-0.2, -0.15) is 0 Å². The second-order valence-electron chi connectivity index (χ2n) is 4.98. The quantitative estimate of drug-likeness (QED) is 0.350. The first-order chi connectivity index (χ1) is 10.0. The van der Waals surface area contributed by atoms with Gasteiger partial charge in [-0.3, -0.25) is 9.59 Å².